The molecule has 224 valence electrons. The normalized spacial score (nSPS) is 30.2. The van der Waals surface area contributed by atoms with Gasteiger partial charge in [-0.1, -0.05) is 91.9 Å². The SMILES string of the molecule is CCC1C2CC=CCC2(C(=O)O)CN1Cc1ccccc1.CCOC(=O)C12CC=CCC1CN(Cc1ccccc1)C2. The molecule has 6 heteroatoms. The number of aliphatic carboxylic acids is 1. The first-order valence-electron chi connectivity index (χ1n) is 15.7. The van der Waals surface area contributed by atoms with Crippen LogP contribution in [0.1, 0.15) is 57.1 Å². The summed E-state index contributed by atoms with van der Waals surface area (Å²) in [4.78, 5) is 29.3. The third-order valence-corrected chi connectivity index (χ3v) is 10.0. The number of fused-ring (bicyclic) bond motifs is 2. The molecule has 6 nitrogen and oxygen atoms in total. The minimum Gasteiger partial charge on any atom is -0.481 e. The Morgan fingerprint density at radius 1 is 0.833 bits per heavy atom. The molecule has 2 heterocycles. The van der Waals surface area contributed by atoms with E-state index < -0.39 is 11.4 Å². The average molecular weight is 571 g/mol. The van der Waals surface area contributed by atoms with E-state index in [0.717, 1.165) is 51.9 Å². The number of carbonyl (C=O) groups is 2. The van der Waals surface area contributed by atoms with E-state index in [1.807, 2.05) is 31.2 Å². The molecule has 2 fully saturated rings. The molecule has 5 atom stereocenters. The van der Waals surface area contributed by atoms with Gasteiger partial charge in [-0.25, -0.2) is 0 Å². The molecule has 2 aromatic rings. The molecule has 0 spiro atoms. The van der Waals surface area contributed by atoms with E-state index in [0.29, 0.717) is 31.5 Å². The summed E-state index contributed by atoms with van der Waals surface area (Å²) in [5.74, 6) is 0.0137. The predicted octanol–water partition coefficient (Wildman–Crippen LogP) is 6.34. The van der Waals surface area contributed by atoms with Crippen molar-refractivity contribution in [1.29, 1.82) is 0 Å². The number of esters is 1. The highest BCUT2D eigenvalue weighted by molar-refractivity contribution is 5.79. The summed E-state index contributed by atoms with van der Waals surface area (Å²) in [7, 11) is 0. The Morgan fingerprint density at radius 3 is 2.07 bits per heavy atom. The molecular formula is C36H46N2O4. The zero-order valence-electron chi connectivity index (χ0n) is 25.2. The molecular weight excluding hydrogens is 524 g/mol. The number of likely N-dealkylation sites (tertiary alicyclic amines) is 2. The average Bonchev–Trinajstić information content (AvgIpc) is 3.55. The van der Waals surface area contributed by atoms with E-state index in [-0.39, 0.29) is 17.3 Å². The largest absolute Gasteiger partial charge is 0.481 e. The lowest BCUT2D eigenvalue weighted by molar-refractivity contribution is -0.157. The molecule has 5 unspecified atom stereocenters. The van der Waals surface area contributed by atoms with Gasteiger partial charge in [-0.2, -0.15) is 0 Å². The lowest BCUT2D eigenvalue weighted by atomic mass is 9.68. The summed E-state index contributed by atoms with van der Waals surface area (Å²) in [5, 5.41) is 9.84. The number of nitrogens with zero attached hydrogens (tertiary/aromatic N) is 2. The molecule has 4 aliphatic rings. The second-order valence-corrected chi connectivity index (χ2v) is 12.5. The first-order chi connectivity index (χ1) is 20.4. The number of carboxylic acid groups (broad SMARTS) is 1. The first-order valence-corrected chi connectivity index (χ1v) is 15.7. The Balaban J connectivity index is 0.000000168. The molecule has 1 N–H and O–H groups in total. The van der Waals surface area contributed by atoms with Crippen molar-refractivity contribution in [3.05, 3.63) is 96.1 Å². The molecule has 42 heavy (non-hydrogen) atoms. The topological polar surface area (TPSA) is 70.1 Å². The maximum Gasteiger partial charge on any atom is 0.314 e. The number of rotatable bonds is 8. The van der Waals surface area contributed by atoms with Gasteiger partial charge in [0, 0.05) is 38.8 Å². The Kier molecular flexibility index (Phi) is 9.64. The fourth-order valence-electron chi connectivity index (χ4n) is 7.92. The van der Waals surface area contributed by atoms with Gasteiger partial charge in [0.05, 0.1) is 17.4 Å². The number of allylic oxidation sites excluding steroid dienone is 4. The minimum absolute atomic E-state index is 0.00471. The van der Waals surface area contributed by atoms with Gasteiger partial charge < -0.3 is 9.84 Å². The number of hydrogen-bond donors (Lipinski definition) is 1. The highest BCUT2D eigenvalue weighted by atomic mass is 16.5. The molecule has 0 saturated carbocycles. The second-order valence-electron chi connectivity index (χ2n) is 12.5. The Morgan fingerprint density at radius 2 is 1.45 bits per heavy atom. The number of ether oxygens (including phenoxy) is 1. The molecule has 2 aliphatic carbocycles. The first kappa shape index (κ1) is 30.2. The van der Waals surface area contributed by atoms with Gasteiger partial charge >= 0.3 is 11.9 Å². The molecule has 0 bridgehead atoms. The lowest BCUT2D eigenvalue weighted by Crippen LogP contribution is -2.41. The molecule has 2 aromatic carbocycles. The quantitative estimate of drug-likeness (QED) is 0.295. The highest BCUT2D eigenvalue weighted by Crippen LogP contribution is 2.49. The summed E-state index contributed by atoms with van der Waals surface area (Å²) < 4.78 is 5.39. The number of benzene rings is 2. The van der Waals surface area contributed by atoms with Crippen LogP contribution in [0, 0.1) is 22.7 Å². The van der Waals surface area contributed by atoms with Gasteiger partial charge in [0.15, 0.2) is 0 Å². The minimum atomic E-state index is -0.620. The van der Waals surface area contributed by atoms with E-state index >= 15 is 0 Å². The van der Waals surface area contributed by atoms with Crippen LogP contribution in [-0.2, 0) is 27.4 Å². The zero-order chi connectivity index (χ0) is 29.6. The fraction of sp³-hybridized carbons (Fsp3) is 0.500. The number of carbonyl (C=O) groups excluding carboxylic acids is 1. The van der Waals surface area contributed by atoms with Crippen LogP contribution in [-0.4, -0.2) is 59.1 Å². The van der Waals surface area contributed by atoms with Crippen molar-refractivity contribution in [3.8, 4) is 0 Å². The maximum atomic E-state index is 12.5. The van der Waals surface area contributed by atoms with Gasteiger partial charge in [0.25, 0.3) is 0 Å². The van der Waals surface area contributed by atoms with Crippen LogP contribution in [0.4, 0.5) is 0 Å². The maximum absolute atomic E-state index is 12.5. The molecule has 2 saturated heterocycles. The van der Waals surface area contributed by atoms with Gasteiger partial charge in [-0.05, 0) is 62.0 Å². The summed E-state index contributed by atoms with van der Waals surface area (Å²) in [6, 6.07) is 21.2. The van der Waals surface area contributed by atoms with Crippen molar-refractivity contribution in [2.45, 2.75) is 65.1 Å². The van der Waals surface area contributed by atoms with E-state index in [9.17, 15) is 14.7 Å². The smallest absolute Gasteiger partial charge is 0.314 e. The number of hydrogen-bond acceptors (Lipinski definition) is 5. The summed E-state index contributed by atoms with van der Waals surface area (Å²) in [6.45, 7) is 8.77. The van der Waals surface area contributed by atoms with Crippen LogP contribution in [0.2, 0.25) is 0 Å². The van der Waals surface area contributed by atoms with Crippen LogP contribution < -0.4 is 0 Å². The lowest BCUT2D eigenvalue weighted by Gasteiger charge is -2.33. The van der Waals surface area contributed by atoms with Crippen molar-refractivity contribution < 1.29 is 19.4 Å². The van der Waals surface area contributed by atoms with E-state index in [4.69, 9.17) is 4.74 Å². The monoisotopic (exact) mass is 570 g/mol. The van der Waals surface area contributed by atoms with Crippen LogP contribution in [0.3, 0.4) is 0 Å². The van der Waals surface area contributed by atoms with Crippen molar-refractivity contribution in [3.63, 3.8) is 0 Å². The summed E-state index contributed by atoms with van der Waals surface area (Å²) in [6.07, 6.45) is 13.0. The number of carboxylic acids is 1. The summed E-state index contributed by atoms with van der Waals surface area (Å²) in [5.41, 5.74) is 1.68. The van der Waals surface area contributed by atoms with Crippen LogP contribution in [0.25, 0.3) is 0 Å². The zero-order valence-corrected chi connectivity index (χ0v) is 25.2. The standard InChI is InChI=1S/2C18H23NO2/c1-2-21-17(20)18-11-7-6-10-16(18)13-19(14-18)12-15-8-4-3-5-9-15;1-2-16-15-10-6-7-11-18(15,17(20)21)13-19(16)12-14-8-4-3-5-9-14/h3-9,16H,2,10-14H2,1H3;3-9,15-16H,2,10-13H2,1H3,(H,20,21). The third kappa shape index (κ3) is 6.11. The van der Waals surface area contributed by atoms with Crippen molar-refractivity contribution in [2.75, 3.05) is 26.2 Å². The van der Waals surface area contributed by atoms with E-state index in [1.165, 1.54) is 11.1 Å². The molecule has 2 aliphatic heterocycles. The van der Waals surface area contributed by atoms with E-state index in [1.54, 1.807) is 0 Å². The van der Waals surface area contributed by atoms with E-state index in [2.05, 4.69) is 77.4 Å². The molecule has 0 amide bonds. The highest BCUT2D eigenvalue weighted by Gasteiger charge is 2.56. The van der Waals surface area contributed by atoms with Gasteiger partial charge in [0.2, 0.25) is 0 Å². The molecule has 6 rings (SSSR count). The molecule has 0 aromatic heterocycles. The van der Waals surface area contributed by atoms with Gasteiger partial charge in [-0.15, -0.1) is 0 Å². The van der Waals surface area contributed by atoms with Crippen LogP contribution >= 0.6 is 0 Å². The van der Waals surface area contributed by atoms with Crippen molar-refractivity contribution >= 4 is 11.9 Å². The molecule has 0 radical (unpaired) electrons. The van der Waals surface area contributed by atoms with Gasteiger partial charge in [0.1, 0.15) is 0 Å². The van der Waals surface area contributed by atoms with Gasteiger partial charge in [-0.3, -0.25) is 19.4 Å². The predicted molar refractivity (Wildman–Crippen MR) is 166 cm³/mol. The van der Waals surface area contributed by atoms with Crippen molar-refractivity contribution in [1.82, 2.24) is 9.80 Å². The Bertz CT molecular complexity index is 1260. The summed E-state index contributed by atoms with van der Waals surface area (Å²) >= 11 is 0. The Labute approximate surface area is 251 Å². The van der Waals surface area contributed by atoms with Crippen molar-refractivity contribution in [2.24, 2.45) is 22.7 Å². The fourth-order valence-corrected chi connectivity index (χ4v) is 7.92. The van der Waals surface area contributed by atoms with Crippen LogP contribution in [0.5, 0.6) is 0 Å². The van der Waals surface area contributed by atoms with Crippen LogP contribution in [0.15, 0.2) is 85.0 Å². The second kappa shape index (κ2) is 13.4. The third-order valence-electron chi connectivity index (χ3n) is 10.0. The Hall–Kier alpha value is -3.22.